The van der Waals surface area contributed by atoms with Gasteiger partial charge in [-0.3, -0.25) is 4.79 Å². The highest BCUT2D eigenvalue weighted by atomic mass is 79.9. The zero-order valence-electron chi connectivity index (χ0n) is 9.51. The van der Waals surface area contributed by atoms with Crippen molar-refractivity contribution in [3.63, 3.8) is 0 Å². The van der Waals surface area contributed by atoms with Gasteiger partial charge in [0.2, 0.25) is 0 Å². The summed E-state index contributed by atoms with van der Waals surface area (Å²) < 4.78 is 13.5. The van der Waals surface area contributed by atoms with E-state index in [-0.39, 0.29) is 15.8 Å². The van der Waals surface area contributed by atoms with Crippen molar-refractivity contribution < 1.29 is 9.18 Å². The van der Waals surface area contributed by atoms with Crippen molar-refractivity contribution in [1.82, 2.24) is 0 Å². The molecule has 0 saturated heterocycles. The van der Waals surface area contributed by atoms with Crippen LogP contribution in [-0.2, 0) is 0 Å². The zero-order valence-corrected chi connectivity index (χ0v) is 11.8. The van der Waals surface area contributed by atoms with Crippen LogP contribution in [0.25, 0.3) is 0 Å². The second kappa shape index (κ2) is 5.21. The lowest BCUT2D eigenvalue weighted by Crippen LogP contribution is -2.03. The fourth-order valence-corrected chi connectivity index (χ4v) is 2.19. The third kappa shape index (κ3) is 2.47. The fraction of sp³-hybridized carbons (Fsp3) is 0.0714. The molecular formula is C14H9BrClFO. The van der Waals surface area contributed by atoms with Crippen LogP contribution in [0.5, 0.6) is 0 Å². The number of aryl methyl sites for hydroxylation is 1. The van der Waals surface area contributed by atoms with Crippen molar-refractivity contribution in [1.29, 1.82) is 0 Å². The number of rotatable bonds is 2. The maximum atomic E-state index is 13.4. The van der Waals surface area contributed by atoms with E-state index in [0.29, 0.717) is 10.6 Å². The average Bonchev–Trinajstić information content (AvgIpc) is 2.35. The van der Waals surface area contributed by atoms with E-state index in [4.69, 9.17) is 11.6 Å². The molecule has 2 rings (SSSR count). The molecule has 4 heteroatoms. The maximum Gasteiger partial charge on any atom is 0.194 e. The lowest BCUT2D eigenvalue weighted by atomic mass is 10.0. The van der Waals surface area contributed by atoms with E-state index in [9.17, 15) is 9.18 Å². The number of carbonyl (C=O) groups is 1. The monoisotopic (exact) mass is 326 g/mol. The normalized spacial score (nSPS) is 10.4. The van der Waals surface area contributed by atoms with Gasteiger partial charge in [0, 0.05) is 16.1 Å². The van der Waals surface area contributed by atoms with Gasteiger partial charge < -0.3 is 0 Å². The molecule has 0 bridgehead atoms. The summed E-state index contributed by atoms with van der Waals surface area (Å²) in [6.45, 7) is 1.86. The Morgan fingerprint density at radius 2 is 2.00 bits per heavy atom. The van der Waals surface area contributed by atoms with Crippen LogP contribution in [0.2, 0.25) is 5.02 Å². The smallest absolute Gasteiger partial charge is 0.194 e. The van der Waals surface area contributed by atoms with E-state index >= 15 is 0 Å². The van der Waals surface area contributed by atoms with Gasteiger partial charge in [0.15, 0.2) is 5.78 Å². The summed E-state index contributed by atoms with van der Waals surface area (Å²) in [5.74, 6) is -0.720. The molecule has 2 aromatic carbocycles. The molecule has 0 radical (unpaired) electrons. The van der Waals surface area contributed by atoms with Crippen molar-refractivity contribution >= 4 is 33.3 Å². The first kappa shape index (κ1) is 13.2. The Labute approximate surface area is 118 Å². The van der Waals surface area contributed by atoms with Crippen molar-refractivity contribution in [3.8, 4) is 0 Å². The molecule has 0 spiro atoms. The summed E-state index contributed by atoms with van der Waals surface area (Å²) in [4.78, 5) is 12.2. The van der Waals surface area contributed by atoms with Gasteiger partial charge in [-0.1, -0.05) is 29.8 Å². The third-order valence-corrected chi connectivity index (χ3v) is 3.84. The molecule has 18 heavy (non-hydrogen) atoms. The lowest BCUT2D eigenvalue weighted by Gasteiger charge is -2.06. The Morgan fingerprint density at radius 1 is 1.28 bits per heavy atom. The van der Waals surface area contributed by atoms with Crippen LogP contribution in [0.15, 0.2) is 40.9 Å². The standard InChI is InChI=1S/C14H9BrClFO/c1-8-5-6-9(7-11(8)16)14(18)10-3-2-4-12(17)13(10)15/h2-7H,1H3. The van der Waals surface area contributed by atoms with Crippen LogP contribution >= 0.6 is 27.5 Å². The molecule has 0 amide bonds. The first-order chi connectivity index (χ1) is 8.50. The van der Waals surface area contributed by atoms with Gasteiger partial charge in [-0.15, -0.1) is 0 Å². The minimum absolute atomic E-state index is 0.173. The van der Waals surface area contributed by atoms with Crippen LogP contribution in [0.1, 0.15) is 21.5 Å². The topological polar surface area (TPSA) is 17.1 Å². The molecule has 0 saturated carbocycles. The van der Waals surface area contributed by atoms with Gasteiger partial charge in [0.1, 0.15) is 5.82 Å². The molecule has 0 fully saturated rings. The summed E-state index contributed by atoms with van der Waals surface area (Å²) in [6, 6.07) is 9.41. The van der Waals surface area contributed by atoms with Crippen LogP contribution < -0.4 is 0 Å². The quantitative estimate of drug-likeness (QED) is 0.725. The van der Waals surface area contributed by atoms with Crippen LogP contribution in [0, 0.1) is 12.7 Å². The van der Waals surface area contributed by atoms with Gasteiger partial charge in [0.05, 0.1) is 4.47 Å². The molecule has 0 aliphatic heterocycles. The van der Waals surface area contributed by atoms with Crippen LogP contribution in [0.4, 0.5) is 4.39 Å². The molecule has 0 heterocycles. The van der Waals surface area contributed by atoms with Crippen LogP contribution in [-0.4, -0.2) is 5.78 Å². The van der Waals surface area contributed by atoms with Gasteiger partial charge in [-0.25, -0.2) is 4.39 Å². The number of benzene rings is 2. The molecule has 2 aromatic rings. The Morgan fingerprint density at radius 3 is 2.67 bits per heavy atom. The van der Waals surface area contributed by atoms with Gasteiger partial charge in [-0.2, -0.15) is 0 Å². The van der Waals surface area contributed by atoms with E-state index in [1.807, 2.05) is 6.92 Å². The Bertz CT molecular complexity index is 625. The van der Waals surface area contributed by atoms with Crippen molar-refractivity contribution in [3.05, 3.63) is 68.4 Å². The van der Waals surface area contributed by atoms with E-state index in [1.54, 1.807) is 24.3 Å². The Hall–Kier alpha value is -1.19. The third-order valence-electron chi connectivity index (χ3n) is 2.63. The number of ketones is 1. The summed E-state index contributed by atoms with van der Waals surface area (Å²) in [5, 5.41) is 0.522. The van der Waals surface area contributed by atoms with Crippen molar-refractivity contribution in [2.45, 2.75) is 6.92 Å². The molecule has 0 unspecified atom stereocenters. The van der Waals surface area contributed by atoms with Crippen molar-refractivity contribution in [2.75, 3.05) is 0 Å². The molecule has 0 aromatic heterocycles. The highest BCUT2D eigenvalue weighted by Crippen LogP contribution is 2.25. The predicted molar refractivity (Wildman–Crippen MR) is 73.7 cm³/mol. The largest absolute Gasteiger partial charge is 0.289 e. The minimum atomic E-state index is -0.459. The molecule has 0 atom stereocenters. The van der Waals surface area contributed by atoms with E-state index in [1.165, 1.54) is 12.1 Å². The van der Waals surface area contributed by atoms with Gasteiger partial charge >= 0.3 is 0 Å². The first-order valence-electron chi connectivity index (χ1n) is 5.25. The number of halogens is 3. The van der Waals surface area contributed by atoms with E-state index < -0.39 is 5.82 Å². The molecule has 0 N–H and O–H groups in total. The summed E-state index contributed by atoms with van der Waals surface area (Å²) in [7, 11) is 0. The second-order valence-corrected chi connectivity index (χ2v) is 5.09. The Balaban J connectivity index is 2.48. The summed E-state index contributed by atoms with van der Waals surface area (Å²) >= 11 is 9.06. The van der Waals surface area contributed by atoms with E-state index in [0.717, 1.165) is 5.56 Å². The van der Waals surface area contributed by atoms with Gasteiger partial charge in [0.25, 0.3) is 0 Å². The van der Waals surface area contributed by atoms with Crippen LogP contribution in [0.3, 0.4) is 0 Å². The molecule has 0 aliphatic rings. The maximum absolute atomic E-state index is 13.4. The molecule has 0 aliphatic carbocycles. The number of hydrogen-bond donors (Lipinski definition) is 0. The fourth-order valence-electron chi connectivity index (χ4n) is 1.57. The first-order valence-corrected chi connectivity index (χ1v) is 6.42. The Kier molecular flexibility index (Phi) is 3.83. The van der Waals surface area contributed by atoms with E-state index in [2.05, 4.69) is 15.9 Å². The SMILES string of the molecule is Cc1ccc(C(=O)c2cccc(F)c2Br)cc1Cl. The number of hydrogen-bond acceptors (Lipinski definition) is 1. The highest BCUT2D eigenvalue weighted by molar-refractivity contribution is 9.10. The molecule has 92 valence electrons. The molecular weight excluding hydrogens is 319 g/mol. The summed E-state index contributed by atoms with van der Waals surface area (Å²) in [5.41, 5.74) is 1.62. The van der Waals surface area contributed by atoms with Crippen molar-refractivity contribution in [2.24, 2.45) is 0 Å². The zero-order chi connectivity index (χ0) is 13.3. The number of carbonyl (C=O) groups excluding carboxylic acids is 1. The highest BCUT2D eigenvalue weighted by Gasteiger charge is 2.15. The van der Waals surface area contributed by atoms with Gasteiger partial charge in [-0.05, 0) is 46.6 Å². The lowest BCUT2D eigenvalue weighted by molar-refractivity contribution is 0.103. The second-order valence-electron chi connectivity index (χ2n) is 3.89. The molecule has 1 nitrogen and oxygen atoms in total. The predicted octanol–water partition coefficient (Wildman–Crippen LogP) is 4.78. The minimum Gasteiger partial charge on any atom is -0.289 e. The average molecular weight is 328 g/mol. The summed E-state index contributed by atoms with van der Waals surface area (Å²) in [6.07, 6.45) is 0.